The second-order valence-electron chi connectivity index (χ2n) is 9.33. The van der Waals surface area contributed by atoms with Crippen LogP contribution in [0.5, 0.6) is 0 Å². The van der Waals surface area contributed by atoms with Crippen LogP contribution < -0.4 is 0 Å². The van der Waals surface area contributed by atoms with Gasteiger partial charge >= 0.3 is 30.5 Å². The van der Waals surface area contributed by atoms with Crippen LogP contribution in [0.1, 0.15) is 71.4 Å². The van der Waals surface area contributed by atoms with Gasteiger partial charge < -0.3 is 14.2 Å². The Morgan fingerprint density at radius 3 is 1.44 bits per heavy atom. The highest BCUT2D eigenvalue weighted by Gasteiger charge is 2.64. The van der Waals surface area contributed by atoms with E-state index in [2.05, 4.69) is 27.4 Å². The van der Waals surface area contributed by atoms with Gasteiger partial charge in [-0.05, 0) is 73.9 Å². The minimum Gasteiger partial charge on any atom is -0.424 e. The van der Waals surface area contributed by atoms with Gasteiger partial charge in [-0.15, -0.1) is 21.9 Å². The lowest BCUT2D eigenvalue weighted by atomic mass is 10.1. The average Bonchev–Trinajstić information content (AvgIpc) is 3.01. The van der Waals surface area contributed by atoms with Crippen molar-refractivity contribution in [3.8, 4) is 0 Å². The van der Waals surface area contributed by atoms with E-state index >= 15 is 0 Å². The Bertz CT molecular complexity index is 1120. The normalized spacial score (nSPS) is 11.6. The van der Waals surface area contributed by atoms with Gasteiger partial charge in [-0.25, -0.2) is 14.3 Å². The summed E-state index contributed by atoms with van der Waals surface area (Å²) in [5.41, 5.74) is 3.07. The lowest BCUT2D eigenvalue weighted by molar-refractivity contribution is -0.526. The molecule has 0 fully saturated rings. The van der Waals surface area contributed by atoms with Crippen LogP contribution in [0.4, 0.5) is 26.3 Å². The monoisotopic (exact) mass is 648 g/mol. The third kappa shape index (κ3) is 14.8. The molecule has 2 aromatic carbocycles. The number of esters is 2. The van der Waals surface area contributed by atoms with Crippen molar-refractivity contribution < 1.29 is 59.6 Å². The van der Waals surface area contributed by atoms with E-state index in [1.165, 1.54) is 13.8 Å². The van der Waals surface area contributed by atoms with Gasteiger partial charge in [0.05, 0.1) is 24.3 Å². The summed E-state index contributed by atoms with van der Waals surface area (Å²) in [6.07, 6.45) is -8.17. The third-order valence-electron chi connectivity index (χ3n) is 5.58. The van der Waals surface area contributed by atoms with Crippen LogP contribution in [0, 0.1) is 0 Å². The van der Waals surface area contributed by atoms with Crippen LogP contribution in [-0.2, 0) is 36.5 Å². The highest BCUT2D eigenvalue weighted by Crippen LogP contribution is 2.40. The number of halogens is 6. The van der Waals surface area contributed by atoms with Crippen LogP contribution in [0.15, 0.2) is 73.8 Å². The van der Waals surface area contributed by atoms with Crippen LogP contribution in [0.2, 0.25) is 0 Å². The van der Waals surface area contributed by atoms with E-state index in [4.69, 9.17) is 9.47 Å². The van der Waals surface area contributed by atoms with Crippen LogP contribution in [-0.4, -0.2) is 50.5 Å². The molecule has 0 aliphatic heterocycles. The second kappa shape index (κ2) is 19.7. The number of allylic oxidation sites excluding steroid dienone is 2. The number of carbonyl (C=O) groups is 2. The van der Waals surface area contributed by atoms with E-state index in [0.29, 0.717) is 11.1 Å². The Morgan fingerprint density at radius 1 is 0.667 bits per heavy atom. The summed E-state index contributed by atoms with van der Waals surface area (Å²) in [5, 5.41) is 0. The SMILES string of the molecule is C=CCCc1ccc(C(=O)OCOC(=O)c2ccc(CCC=C)cc2)cc1.CCCOC(F)(F)OC(F)(F)C(F)(F)OCCC. The maximum Gasteiger partial charge on any atom is 0.490 e. The molecule has 0 heterocycles. The highest BCUT2D eigenvalue weighted by molar-refractivity contribution is 5.90. The van der Waals surface area contributed by atoms with Crippen molar-refractivity contribution in [1.29, 1.82) is 0 Å². The fraction of sp³-hybridized carbons (Fsp3) is 0.438. The molecule has 0 N–H and O–H groups in total. The molecule has 0 amide bonds. The first-order chi connectivity index (χ1) is 21.2. The van der Waals surface area contributed by atoms with Crippen molar-refractivity contribution in [2.75, 3.05) is 20.0 Å². The van der Waals surface area contributed by atoms with Gasteiger partial charge in [-0.2, -0.15) is 17.6 Å². The fourth-order valence-corrected chi connectivity index (χ4v) is 3.23. The number of hydrogen-bond donors (Lipinski definition) is 0. The summed E-state index contributed by atoms with van der Waals surface area (Å²) in [6.45, 7) is 8.41. The Morgan fingerprint density at radius 2 is 1.07 bits per heavy atom. The van der Waals surface area contributed by atoms with Gasteiger partial charge in [0.1, 0.15) is 0 Å². The molecule has 0 unspecified atom stereocenters. The summed E-state index contributed by atoms with van der Waals surface area (Å²) in [4.78, 5) is 24.0. The molecular formula is C32H38F6O7. The average molecular weight is 649 g/mol. The predicted molar refractivity (Wildman–Crippen MR) is 154 cm³/mol. The van der Waals surface area contributed by atoms with Gasteiger partial charge in [0.25, 0.3) is 0 Å². The van der Waals surface area contributed by atoms with Gasteiger partial charge in [0, 0.05) is 0 Å². The minimum atomic E-state index is -5.50. The summed E-state index contributed by atoms with van der Waals surface area (Å²) >= 11 is 0. The van der Waals surface area contributed by atoms with Gasteiger partial charge in [-0.3, -0.25) is 4.74 Å². The lowest BCUT2D eigenvalue weighted by Crippen LogP contribution is -2.49. The summed E-state index contributed by atoms with van der Waals surface area (Å²) < 4.78 is 96.2. The quantitative estimate of drug-likeness (QED) is 0.0654. The number of aryl methyl sites for hydroxylation is 2. The van der Waals surface area contributed by atoms with E-state index in [1.54, 1.807) is 24.3 Å². The third-order valence-corrected chi connectivity index (χ3v) is 5.58. The molecule has 13 heteroatoms. The number of carbonyl (C=O) groups excluding carboxylic acids is 2. The van der Waals surface area contributed by atoms with Crippen LogP contribution >= 0.6 is 0 Å². The molecular weight excluding hydrogens is 610 g/mol. The number of hydrogen-bond acceptors (Lipinski definition) is 7. The number of alkyl halides is 6. The molecule has 0 spiro atoms. The molecule has 0 aliphatic carbocycles. The number of ether oxygens (including phenoxy) is 5. The second-order valence-corrected chi connectivity index (χ2v) is 9.33. The van der Waals surface area contributed by atoms with Gasteiger partial charge in [0.2, 0.25) is 6.79 Å². The predicted octanol–water partition coefficient (Wildman–Crippen LogP) is 8.49. The van der Waals surface area contributed by atoms with E-state index in [-0.39, 0.29) is 12.8 Å². The zero-order valence-corrected chi connectivity index (χ0v) is 25.2. The minimum absolute atomic E-state index is 0.00833. The first-order valence-electron chi connectivity index (χ1n) is 14.1. The van der Waals surface area contributed by atoms with E-state index in [1.807, 2.05) is 36.4 Å². The molecule has 0 radical (unpaired) electrons. The molecule has 2 rings (SSSR count). The molecule has 2 aromatic rings. The molecule has 7 nitrogen and oxygen atoms in total. The molecule has 0 atom stereocenters. The Kier molecular flexibility index (Phi) is 17.2. The Hall–Kier alpha value is -3.68. The maximum absolute atomic E-state index is 12.8. The fourth-order valence-electron chi connectivity index (χ4n) is 3.23. The Balaban J connectivity index is 0.000000492. The van der Waals surface area contributed by atoms with Crippen molar-refractivity contribution in [2.45, 2.75) is 70.9 Å². The lowest BCUT2D eigenvalue weighted by Gasteiger charge is -2.28. The first-order valence-corrected chi connectivity index (χ1v) is 14.1. The van der Waals surface area contributed by atoms with Crippen molar-refractivity contribution in [2.24, 2.45) is 0 Å². The van der Waals surface area contributed by atoms with Crippen molar-refractivity contribution >= 4 is 11.9 Å². The number of benzene rings is 2. The summed E-state index contributed by atoms with van der Waals surface area (Å²) in [6, 6.07) is 14.3. The molecule has 0 aliphatic rings. The van der Waals surface area contributed by atoms with E-state index in [0.717, 1.165) is 36.8 Å². The maximum atomic E-state index is 12.8. The molecule has 250 valence electrons. The van der Waals surface area contributed by atoms with Crippen LogP contribution in [0.25, 0.3) is 0 Å². The van der Waals surface area contributed by atoms with Crippen molar-refractivity contribution in [3.05, 3.63) is 96.1 Å². The van der Waals surface area contributed by atoms with Gasteiger partial charge in [-0.1, -0.05) is 50.3 Å². The largest absolute Gasteiger partial charge is 0.490 e. The standard InChI is InChI=1S/C23H24O4.C9H14F6O3/c1-3-5-7-18-9-13-20(14-10-18)22(24)26-17-27-23(25)21-15-11-19(12-16-21)8-6-4-2;1-3-5-16-7(10,11)8(12,13)18-9(14,15)17-6-4-2/h3-4,9-16H,1-2,5-8,17H2;3-6H2,1-2H3. The molecule has 0 bridgehead atoms. The first kappa shape index (κ1) is 39.3. The van der Waals surface area contributed by atoms with E-state index < -0.39 is 50.5 Å². The molecule has 0 saturated carbocycles. The van der Waals surface area contributed by atoms with E-state index in [9.17, 15) is 35.9 Å². The zero-order valence-electron chi connectivity index (χ0n) is 25.2. The van der Waals surface area contributed by atoms with Crippen molar-refractivity contribution in [1.82, 2.24) is 0 Å². The molecule has 0 saturated heterocycles. The summed E-state index contributed by atoms with van der Waals surface area (Å²) in [5.74, 6) is -1.06. The highest BCUT2D eigenvalue weighted by atomic mass is 19.3. The van der Waals surface area contributed by atoms with Gasteiger partial charge in [0.15, 0.2) is 0 Å². The van der Waals surface area contributed by atoms with Crippen molar-refractivity contribution in [3.63, 3.8) is 0 Å². The zero-order chi connectivity index (χ0) is 33.9. The van der Waals surface area contributed by atoms with Crippen LogP contribution in [0.3, 0.4) is 0 Å². The Labute approximate surface area is 258 Å². The topological polar surface area (TPSA) is 80.3 Å². The number of rotatable bonds is 19. The summed E-state index contributed by atoms with van der Waals surface area (Å²) in [7, 11) is 0. The molecule has 45 heavy (non-hydrogen) atoms. The smallest absolute Gasteiger partial charge is 0.424 e. The molecule has 0 aromatic heterocycles.